The number of rotatable bonds is 1. The Morgan fingerprint density at radius 2 is 1.73 bits per heavy atom. The van der Waals surface area contributed by atoms with Crippen LogP contribution in [-0.2, 0) is 9.59 Å². The van der Waals surface area contributed by atoms with Crippen molar-refractivity contribution in [3.63, 3.8) is 0 Å². The second-order valence-corrected chi connectivity index (χ2v) is 3.71. The van der Waals surface area contributed by atoms with Crippen molar-refractivity contribution in [2.45, 2.75) is 6.92 Å². The maximum atomic E-state index is 11.4. The SMILES string of the molecule is Cc1cc(Cl)ccc1N1C(=O)C=CC1=O. The zero-order chi connectivity index (χ0) is 11.0. The molecule has 0 N–H and O–H groups in total. The number of hydrogen-bond acceptors (Lipinski definition) is 2. The normalized spacial score (nSPS) is 15.2. The minimum atomic E-state index is -0.314. The number of carbonyl (C=O) groups excluding carboxylic acids is 2. The molecule has 0 unspecified atom stereocenters. The van der Waals surface area contributed by atoms with Gasteiger partial charge in [-0.1, -0.05) is 11.6 Å². The lowest BCUT2D eigenvalue weighted by Gasteiger charge is -2.16. The summed E-state index contributed by atoms with van der Waals surface area (Å²) < 4.78 is 0. The Morgan fingerprint density at radius 3 is 2.27 bits per heavy atom. The molecule has 1 aromatic rings. The highest BCUT2D eigenvalue weighted by molar-refractivity contribution is 6.31. The van der Waals surface area contributed by atoms with Gasteiger partial charge in [-0.15, -0.1) is 0 Å². The van der Waals surface area contributed by atoms with E-state index in [4.69, 9.17) is 11.6 Å². The number of amides is 2. The average molecular weight is 222 g/mol. The first kappa shape index (κ1) is 9.93. The van der Waals surface area contributed by atoms with Gasteiger partial charge >= 0.3 is 0 Å². The predicted molar refractivity (Wildman–Crippen MR) is 57.8 cm³/mol. The quantitative estimate of drug-likeness (QED) is 0.681. The van der Waals surface area contributed by atoms with Crippen LogP contribution in [0.4, 0.5) is 5.69 Å². The summed E-state index contributed by atoms with van der Waals surface area (Å²) in [6, 6.07) is 5.04. The highest BCUT2D eigenvalue weighted by Gasteiger charge is 2.26. The van der Waals surface area contributed by atoms with Crippen molar-refractivity contribution in [1.82, 2.24) is 0 Å². The van der Waals surface area contributed by atoms with Crippen LogP contribution in [0.15, 0.2) is 30.4 Å². The summed E-state index contributed by atoms with van der Waals surface area (Å²) >= 11 is 5.79. The number of carbonyl (C=O) groups is 2. The van der Waals surface area contributed by atoms with E-state index in [0.717, 1.165) is 10.5 Å². The Balaban J connectivity index is 2.46. The van der Waals surface area contributed by atoms with E-state index < -0.39 is 0 Å². The molecule has 15 heavy (non-hydrogen) atoms. The maximum absolute atomic E-state index is 11.4. The molecule has 0 spiro atoms. The molecule has 3 nitrogen and oxygen atoms in total. The minimum absolute atomic E-state index is 0.314. The molecule has 0 radical (unpaired) electrons. The third kappa shape index (κ3) is 1.66. The Morgan fingerprint density at radius 1 is 1.13 bits per heavy atom. The fraction of sp³-hybridized carbons (Fsp3) is 0.0909. The molecule has 1 aliphatic heterocycles. The van der Waals surface area contributed by atoms with E-state index in [0.29, 0.717) is 10.7 Å². The standard InChI is InChI=1S/C11H8ClNO2/c1-7-6-8(12)2-3-9(7)13-10(14)4-5-11(13)15/h2-6H,1H3. The number of halogens is 1. The molecule has 76 valence electrons. The summed E-state index contributed by atoms with van der Waals surface area (Å²) in [4.78, 5) is 23.9. The molecular formula is C11H8ClNO2. The monoisotopic (exact) mass is 221 g/mol. The summed E-state index contributed by atoms with van der Waals surface area (Å²) in [5.41, 5.74) is 1.38. The average Bonchev–Trinajstić information content (AvgIpc) is 2.48. The van der Waals surface area contributed by atoms with Gasteiger partial charge in [0.25, 0.3) is 11.8 Å². The molecule has 1 heterocycles. The highest BCUT2D eigenvalue weighted by Crippen LogP contribution is 2.25. The zero-order valence-corrected chi connectivity index (χ0v) is 8.78. The van der Waals surface area contributed by atoms with Crippen molar-refractivity contribution in [3.8, 4) is 0 Å². The molecular weight excluding hydrogens is 214 g/mol. The second-order valence-electron chi connectivity index (χ2n) is 3.28. The third-order valence-electron chi connectivity index (χ3n) is 2.21. The zero-order valence-electron chi connectivity index (χ0n) is 8.03. The number of imide groups is 1. The van der Waals surface area contributed by atoms with Crippen LogP contribution in [-0.4, -0.2) is 11.8 Å². The van der Waals surface area contributed by atoms with Crippen LogP contribution in [0.1, 0.15) is 5.56 Å². The minimum Gasteiger partial charge on any atom is -0.269 e. The summed E-state index contributed by atoms with van der Waals surface area (Å²) in [7, 11) is 0. The molecule has 0 saturated carbocycles. The summed E-state index contributed by atoms with van der Waals surface area (Å²) in [6.07, 6.45) is 2.52. The van der Waals surface area contributed by atoms with E-state index in [-0.39, 0.29) is 11.8 Å². The van der Waals surface area contributed by atoms with Crippen molar-refractivity contribution in [2.75, 3.05) is 4.90 Å². The Bertz CT molecular complexity index is 461. The van der Waals surface area contributed by atoms with E-state index in [9.17, 15) is 9.59 Å². The van der Waals surface area contributed by atoms with Crippen molar-refractivity contribution in [1.29, 1.82) is 0 Å². The second kappa shape index (κ2) is 3.51. The smallest absolute Gasteiger partial charge is 0.258 e. The molecule has 0 fully saturated rings. The van der Waals surface area contributed by atoms with Crippen LogP contribution in [0.25, 0.3) is 0 Å². The maximum Gasteiger partial charge on any atom is 0.258 e. The van der Waals surface area contributed by atoms with E-state index >= 15 is 0 Å². The molecule has 0 saturated heterocycles. The van der Waals surface area contributed by atoms with Gasteiger partial charge in [0.15, 0.2) is 0 Å². The summed E-state index contributed by atoms with van der Waals surface area (Å²) in [5.74, 6) is -0.629. The third-order valence-corrected chi connectivity index (χ3v) is 2.44. The topological polar surface area (TPSA) is 37.4 Å². The lowest BCUT2D eigenvalue weighted by molar-refractivity contribution is -0.119. The largest absolute Gasteiger partial charge is 0.269 e. The summed E-state index contributed by atoms with van der Waals surface area (Å²) in [6.45, 7) is 1.81. The van der Waals surface area contributed by atoms with E-state index in [1.165, 1.54) is 12.2 Å². The van der Waals surface area contributed by atoms with Crippen LogP contribution in [0.2, 0.25) is 5.02 Å². The van der Waals surface area contributed by atoms with Crippen molar-refractivity contribution < 1.29 is 9.59 Å². The van der Waals surface area contributed by atoms with Gasteiger partial charge in [0.05, 0.1) is 5.69 Å². The molecule has 4 heteroatoms. The molecule has 2 amide bonds. The van der Waals surface area contributed by atoms with Crippen molar-refractivity contribution >= 4 is 29.1 Å². The number of aryl methyl sites for hydroxylation is 1. The molecule has 0 bridgehead atoms. The molecule has 0 aliphatic carbocycles. The fourth-order valence-electron chi connectivity index (χ4n) is 1.51. The van der Waals surface area contributed by atoms with Crippen LogP contribution in [0.3, 0.4) is 0 Å². The number of anilines is 1. The van der Waals surface area contributed by atoms with Crippen molar-refractivity contribution in [2.24, 2.45) is 0 Å². The van der Waals surface area contributed by atoms with Crippen LogP contribution in [0.5, 0.6) is 0 Å². The van der Waals surface area contributed by atoms with Gasteiger partial charge in [-0.3, -0.25) is 9.59 Å². The van der Waals surface area contributed by atoms with E-state index in [2.05, 4.69) is 0 Å². The number of benzene rings is 1. The molecule has 1 aliphatic rings. The van der Waals surface area contributed by atoms with Gasteiger partial charge in [0.2, 0.25) is 0 Å². The van der Waals surface area contributed by atoms with Gasteiger partial charge in [-0.05, 0) is 30.7 Å². The Hall–Kier alpha value is -1.61. The van der Waals surface area contributed by atoms with Gasteiger partial charge in [-0.2, -0.15) is 0 Å². The first-order valence-corrected chi connectivity index (χ1v) is 4.79. The number of nitrogens with zero attached hydrogens (tertiary/aromatic N) is 1. The first-order chi connectivity index (χ1) is 7.09. The van der Waals surface area contributed by atoms with Gasteiger partial charge in [0, 0.05) is 17.2 Å². The van der Waals surface area contributed by atoms with Crippen LogP contribution >= 0.6 is 11.6 Å². The lowest BCUT2D eigenvalue weighted by atomic mass is 10.2. The van der Waals surface area contributed by atoms with Crippen molar-refractivity contribution in [3.05, 3.63) is 40.9 Å². The van der Waals surface area contributed by atoms with Gasteiger partial charge < -0.3 is 0 Å². The molecule has 1 aromatic carbocycles. The molecule has 2 rings (SSSR count). The Kier molecular flexibility index (Phi) is 2.32. The Labute approximate surface area is 91.9 Å². The van der Waals surface area contributed by atoms with Crippen LogP contribution in [0, 0.1) is 6.92 Å². The number of hydrogen-bond donors (Lipinski definition) is 0. The lowest BCUT2D eigenvalue weighted by Crippen LogP contribution is -2.30. The first-order valence-electron chi connectivity index (χ1n) is 4.42. The fourth-order valence-corrected chi connectivity index (χ4v) is 1.73. The summed E-state index contributed by atoms with van der Waals surface area (Å²) in [5, 5.41) is 0.586. The van der Waals surface area contributed by atoms with Gasteiger partial charge in [-0.25, -0.2) is 4.90 Å². The van der Waals surface area contributed by atoms with Crippen LogP contribution < -0.4 is 4.90 Å². The molecule has 0 aromatic heterocycles. The molecule has 0 atom stereocenters. The van der Waals surface area contributed by atoms with E-state index in [1.807, 2.05) is 0 Å². The van der Waals surface area contributed by atoms with Gasteiger partial charge in [0.1, 0.15) is 0 Å². The predicted octanol–water partition coefficient (Wildman–Crippen LogP) is 2.08. The van der Waals surface area contributed by atoms with E-state index in [1.54, 1.807) is 25.1 Å². The highest BCUT2D eigenvalue weighted by atomic mass is 35.5.